The van der Waals surface area contributed by atoms with Crippen LogP contribution < -0.4 is 0 Å². The highest BCUT2D eigenvalue weighted by Crippen LogP contribution is 2.61. The van der Waals surface area contributed by atoms with Gasteiger partial charge in [0.05, 0.1) is 4.08 Å². The van der Waals surface area contributed by atoms with E-state index in [1.165, 1.54) is 30.6 Å². The molecule has 1 amide bonds. The third kappa shape index (κ3) is 3.56. The van der Waals surface area contributed by atoms with Crippen molar-refractivity contribution in [1.82, 2.24) is 4.90 Å². The van der Waals surface area contributed by atoms with Gasteiger partial charge in [-0.15, -0.1) is 23.5 Å². The van der Waals surface area contributed by atoms with Crippen LogP contribution in [0.25, 0.3) is 0 Å². The molecule has 3 fully saturated rings. The van der Waals surface area contributed by atoms with Gasteiger partial charge in [0.25, 0.3) is 0 Å². The summed E-state index contributed by atoms with van der Waals surface area (Å²) in [6.07, 6.45) is 4.92. The van der Waals surface area contributed by atoms with E-state index in [0.717, 1.165) is 5.56 Å². The lowest BCUT2D eigenvalue weighted by atomic mass is 10.00. The van der Waals surface area contributed by atoms with E-state index in [9.17, 15) is 14.7 Å². The summed E-state index contributed by atoms with van der Waals surface area (Å²) in [5.74, 6) is -0.936. The minimum atomic E-state index is -0.936. The van der Waals surface area contributed by atoms with Crippen LogP contribution >= 0.6 is 23.5 Å². The second-order valence-corrected chi connectivity index (χ2v) is 10.7. The lowest BCUT2D eigenvalue weighted by molar-refractivity contribution is -0.141. The average molecular weight is 394 g/mol. The van der Waals surface area contributed by atoms with Gasteiger partial charge >= 0.3 is 12.1 Å². The Hall–Kier alpha value is -1.34. The maximum absolute atomic E-state index is 12.6. The summed E-state index contributed by atoms with van der Waals surface area (Å²) in [7, 11) is 0. The smallest absolute Gasteiger partial charge is 0.410 e. The number of thioether (sulfide) groups is 2. The summed E-state index contributed by atoms with van der Waals surface area (Å²) < 4.78 is 5.23. The number of carbonyl (C=O) groups is 2. The molecular weight excluding hydrogens is 370 g/mol. The quantitative estimate of drug-likeness (QED) is 0.838. The Morgan fingerprint density at radius 1 is 1.15 bits per heavy atom. The maximum Gasteiger partial charge on any atom is 0.410 e. The molecule has 3 atom stereocenters. The van der Waals surface area contributed by atoms with Crippen molar-refractivity contribution in [3.8, 4) is 0 Å². The number of carboxylic acids is 1. The molecule has 140 valence electrons. The maximum atomic E-state index is 12.6. The fourth-order valence-corrected chi connectivity index (χ4v) is 8.62. The van der Waals surface area contributed by atoms with E-state index in [4.69, 9.17) is 4.74 Å². The van der Waals surface area contributed by atoms with Crippen molar-refractivity contribution in [1.29, 1.82) is 0 Å². The van der Waals surface area contributed by atoms with Crippen LogP contribution in [-0.2, 0) is 16.1 Å². The summed E-state index contributed by atoms with van der Waals surface area (Å²) in [6, 6.07) is 8.67. The van der Waals surface area contributed by atoms with Crippen LogP contribution in [0.2, 0.25) is 0 Å². The SMILES string of the molecule is O=C(O)[C@@H]1CC2(CN1C(=O)OCc1ccccc1)SC1CCCCC1S2. The Kier molecular flexibility index (Phi) is 5.10. The minimum Gasteiger partial charge on any atom is -0.480 e. The van der Waals surface area contributed by atoms with Crippen LogP contribution in [0.5, 0.6) is 0 Å². The van der Waals surface area contributed by atoms with Crippen molar-refractivity contribution in [2.45, 2.75) is 59.3 Å². The van der Waals surface area contributed by atoms with Crippen LogP contribution in [0.4, 0.5) is 4.79 Å². The van der Waals surface area contributed by atoms with Gasteiger partial charge in [-0.1, -0.05) is 43.2 Å². The van der Waals surface area contributed by atoms with Gasteiger partial charge in [0.15, 0.2) is 0 Å². The molecule has 0 radical (unpaired) electrons. The topological polar surface area (TPSA) is 66.8 Å². The predicted molar refractivity (Wildman–Crippen MR) is 103 cm³/mol. The van der Waals surface area contributed by atoms with Crippen molar-refractivity contribution in [3.63, 3.8) is 0 Å². The number of hydrogen-bond donors (Lipinski definition) is 1. The number of aliphatic carboxylic acids is 1. The zero-order valence-electron chi connectivity index (χ0n) is 14.5. The molecule has 4 rings (SSSR count). The van der Waals surface area contributed by atoms with E-state index < -0.39 is 18.1 Å². The molecule has 2 unspecified atom stereocenters. The van der Waals surface area contributed by atoms with Crippen LogP contribution in [0.1, 0.15) is 37.7 Å². The Bertz CT molecular complexity index is 669. The Morgan fingerprint density at radius 2 is 1.81 bits per heavy atom. The number of hydrogen-bond acceptors (Lipinski definition) is 5. The third-order valence-electron chi connectivity index (χ3n) is 5.39. The first-order valence-electron chi connectivity index (χ1n) is 9.12. The summed E-state index contributed by atoms with van der Waals surface area (Å²) >= 11 is 3.82. The molecule has 1 N–H and O–H groups in total. The van der Waals surface area contributed by atoms with Crippen LogP contribution in [0.15, 0.2) is 30.3 Å². The largest absolute Gasteiger partial charge is 0.480 e. The summed E-state index contributed by atoms with van der Waals surface area (Å²) in [6.45, 7) is 0.626. The van der Waals surface area contributed by atoms with Crippen LogP contribution in [0.3, 0.4) is 0 Å². The molecule has 1 aliphatic carbocycles. The fraction of sp³-hybridized carbons (Fsp3) is 0.579. The summed E-state index contributed by atoms with van der Waals surface area (Å²) in [5.41, 5.74) is 0.900. The Labute approximate surface area is 161 Å². The summed E-state index contributed by atoms with van der Waals surface area (Å²) in [5, 5.41) is 10.9. The fourth-order valence-electron chi connectivity index (χ4n) is 4.14. The molecule has 1 aromatic carbocycles. The highest BCUT2D eigenvalue weighted by molar-refractivity contribution is 8.22. The van der Waals surface area contributed by atoms with E-state index in [1.54, 1.807) is 0 Å². The highest BCUT2D eigenvalue weighted by atomic mass is 32.2. The molecule has 2 aliphatic heterocycles. The van der Waals surface area contributed by atoms with Gasteiger partial charge in [0, 0.05) is 23.5 Å². The first-order chi connectivity index (χ1) is 12.6. The molecule has 0 bridgehead atoms. The molecule has 3 aliphatic rings. The lowest BCUT2D eigenvalue weighted by Crippen LogP contribution is -2.41. The predicted octanol–water partition coefficient (Wildman–Crippen LogP) is 3.97. The van der Waals surface area contributed by atoms with Gasteiger partial charge in [-0.05, 0) is 18.4 Å². The number of carbonyl (C=O) groups excluding carboxylic acids is 1. The van der Waals surface area contributed by atoms with Crippen molar-refractivity contribution in [2.75, 3.05) is 6.54 Å². The third-order valence-corrected chi connectivity index (χ3v) is 9.33. The molecule has 7 heteroatoms. The van der Waals surface area contributed by atoms with Gasteiger partial charge < -0.3 is 9.84 Å². The average Bonchev–Trinajstić information content (AvgIpc) is 3.20. The molecule has 1 saturated carbocycles. The second-order valence-electron chi connectivity index (χ2n) is 7.23. The van der Waals surface area contributed by atoms with Crippen molar-refractivity contribution in [3.05, 3.63) is 35.9 Å². The monoisotopic (exact) mass is 393 g/mol. The first kappa shape index (κ1) is 18.0. The van der Waals surface area contributed by atoms with E-state index in [0.29, 0.717) is 23.5 Å². The van der Waals surface area contributed by atoms with Gasteiger partial charge in [-0.2, -0.15) is 0 Å². The molecule has 1 aromatic rings. The molecule has 2 heterocycles. The highest BCUT2D eigenvalue weighted by Gasteiger charge is 2.56. The molecule has 1 spiro atoms. The standard InChI is InChI=1S/C19H23NO4S2/c21-17(22)14-10-19(25-15-8-4-5-9-16(15)26-19)12-20(14)18(23)24-11-13-6-2-1-3-7-13/h1-3,6-7,14-16H,4-5,8-12H2,(H,21,22)/t14-,15?,16?,19?/m0/s1. The van der Waals surface area contributed by atoms with E-state index in [2.05, 4.69) is 0 Å². The first-order valence-corrected chi connectivity index (χ1v) is 10.9. The zero-order chi connectivity index (χ0) is 18.1. The van der Waals surface area contributed by atoms with Crippen LogP contribution in [0, 0.1) is 0 Å². The summed E-state index contributed by atoms with van der Waals surface area (Å²) in [4.78, 5) is 25.8. The van der Waals surface area contributed by atoms with Crippen LogP contribution in [-0.4, -0.2) is 49.2 Å². The Morgan fingerprint density at radius 3 is 2.42 bits per heavy atom. The van der Waals surface area contributed by atoms with Gasteiger partial charge in [-0.25, -0.2) is 9.59 Å². The number of benzene rings is 1. The molecule has 26 heavy (non-hydrogen) atoms. The number of amides is 1. The van der Waals surface area contributed by atoms with E-state index in [1.807, 2.05) is 53.9 Å². The number of rotatable bonds is 3. The second kappa shape index (κ2) is 7.35. The number of fused-ring (bicyclic) bond motifs is 1. The lowest BCUT2D eigenvalue weighted by Gasteiger charge is -2.23. The molecule has 5 nitrogen and oxygen atoms in total. The molecule has 2 saturated heterocycles. The van der Waals surface area contributed by atoms with E-state index in [-0.39, 0.29) is 10.7 Å². The molecular formula is C19H23NO4S2. The Balaban J connectivity index is 1.44. The number of ether oxygens (including phenoxy) is 1. The van der Waals surface area contributed by atoms with E-state index >= 15 is 0 Å². The minimum absolute atomic E-state index is 0.168. The zero-order valence-corrected chi connectivity index (χ0v) is 16.1. The van der Waals surface area contributed by atoms with Gasteiger partial charge in [0.1, 0.15) is 12.6 Å². The van der Waals surface area contributed by atoms with Gasteiger partial charge in [-0.3, -0.25) is 4.90 Å². The number of carboxylic acid groups (broad SMARTS) is 1. The molecule has 0 aromatic heterocycles. The van der Waals surface area contributed by atoms with Crippen molar-refractivity contribution in [2.24, 2.45) is 0 Å². The number of likely N-dealkylation sites (tertiary alicyclic amines) is 1. The van der Waals surface area contributed by atoms with Crippen molar-refractivity contribution >= 4 is 35.6 Å². The van der Waals surface area contributed by atoms with Crippen molar-refractivity contribution < 1.29 is 19.4 Å². The number of nitrogens with zero attached hydrogens (tertiary/aromatic N) is 1. The normalized spacial score (nSPS) is 33.2. The van der Waals surface area contributed by atoms with Gasteiger partial charge in [0.2, 0.25) is 0 Å².